The van der Waals surface area contributed by atoms with Gasteiger partial charge in [-0.1, -0.05) is 74.0 Å². The molecule has 1 atom stereocenters. The van der Waals surface area contributed by atoms with E-state index in [1.165, 1.54) is 24.3 Å². The maximum absolute atomic E-state index is 12.8. The second kappa shape index (κ2) is 17.3. The van der Waals surface area contributed by atoms with Crippen molar-refractivity contribution in [1.82, 2.24) is 20.0 Å². The number of nitrogens with one attached hydrogen (secondary N) is 1. The molecule has 2 aromatic carbocycles. The quantitative estimate of drug-likeness (QED) is 0.520. The van der Waals surface area contributed by atoms with Crippen LogP contribution in [0.3, 0.4) is 0 Å². The van der Waals surface area contributed by atoms with Gasteiger partial charge in [-0.25, -0.2) is 9.69 Å². The molecule has 214 valence electrons. The lowest BCUT2D eigenvalue weighted by molar-refractivity contribution is -0.129. The zero-order valence-corrected chi connectivity index (χ0v) is 24.3. The lowest BCUT2D eigenvalue weighted by Crippen LogP contribution is -2.47. The molecule has 3 heterocycles. The smallest absolute Gasteiger partial charge is 0.416 e. The lowest BCUT2D eigenvalue weighted by atomic mass is 9.96. The van der Waals surface area contributed by atoms with Crippen molar-refractivity contribution in [3.63, 3.8) is 0 Å². The largest absolute Gasteiger partial charge is 0.447 e. The first-order chi connectivity index (χ1) is 19.1. The van der Waals surface area contributed by atoms with Gasteiger partial charge in [0.2, 0.25) is 5.91 Å². The van der Waals surface area contributed by atoms with E-state index in [-0.39, 0.29) is 18.6 Å². The number of imide groups is 1. The zero-order chi connectivity index (χ0) is 27.9. The number of carbonyl (C=O) groups excluding carboxylic acids is 2. The predicted molar refractivity (Wildman–Crippen MR) is 158 cm³/mol. The highest BCUT2D eigenvalue weighted by Gasteiger charge is 2.37. The van der Waals surface area contributed by atoms with Gasteiger partial charge in [-0.05, 0) is 56.0 Å². The maximum atomic E-state index is 12.8. The molecular weight excluding hydrogens is 512 g/mol. The van der Waals surface area contributed by atoms with Crippen molar-refractivity contribution < 1.29 is 14.3 Å². The van der Waals surface area contributed by atoms with E-state index in [1.807, 2.05) is 74.5 Å². The minimum absolute atomic E-state index is 0.110. The number of benzene rings is 2. The summed E-state index contributed by atoms with van der Waals surface area (Å²) in [5, 5.41) is 4.20. The molecule has 3 aliphatic heterocycles. The normalized spacial score (nSPS) is 20.3. The summed E-state index contributed by atoms with van der Waals surface area (Å²) in [7, 11) is 0. The van der Waals surface area contributed by atoms with Gasteiger partial charge in [-0.3, -0.25) is 4.79 Å². The van der Waals surface area contributed by atoms with Gasteiger partial charge in [0.25, 0.3) is 0 Å². The molecule has 0 aliphatic carbocycles. The van der Waals surface area contributed by atoms with Gasteiger partial charge in [0.15, 0.2) is 0 Å². The number of piperidine rings is 1. The number of piperazine rings is 1. The third kappa shape index (κ3) is 10.6. The Kier molecular flexibility index (Phi) is 13.8. The number of amides is 2. The summed E-state index contributed by atoms with van der Waals surface area (Å²) in [6.07, 6.45) is 2.93. The molecule has 39 heavy (non-hydrogen) atoms. The summed E-state index contributed by atoms with van der Waals surface area (Å²) in [5.41, 5.74) is 1.12. The highest BCUT2D eigenvalue weighted by Crippen LogP contribution is 2.21. The number of ether oxygens (including phenoxy) is 1. The van der Waals surface area contributed by atoms with Crippen LogP contribution in [0.15, 0.2) is 60.7 Å². The molecule has 1 unspecified atom stereocenters. The minimum Gasteiger partial charge on any atom is -0.447 e. The molecule has 0 aromatic heterocycles. The van der Waals surface area contributed by atoms with Gasteiger partial charge < -0.3 is 19.9 Å². The van der Waals surface area contributed by atoms with Crippen molar-refractivity contribution in [2.24, 2.45) is 5.92 Å². The summed E-state index contributed by atoms with van der Waals surface area (Å²) in [4.78, 5) is 31.3. The number of carbonyl (C=O) groups is 2. The van der Waals surface area contributed by atoms with Gasteiger partial charge in [-0.2, -0.15) is 0 Å². The molecule has 2 amide bonds. The fraction of sp³-hybridized carbons (Fsp3) is 0.548. The first kappa shape index (κ1) is 31.1. The van der Waals surface area contributed by atoms with Crippen molar-refractivity contribution in [1.29, 1.82) is 0 Å². The van der Waals surface area contributed by atoms with Gasteiger partial charge >= 0.3 is 6.09 Å². The second-order valence-electron chi connectivity index (χ2n) is 10.1. The lowest BCUT2D eigenvalue weighted by Gasteiger charge is -2.36. The molecule has 5 rings (SSSR count). The molecule has 0 saturated carbocycles. The van der Waals surface area contributed by atoms with Crippen LogP contribution in [0.2, 0.25) is 5.02 Å². The highest BCUT2D eigenvalue weighted by molar-refractivity contribution is 6.30. The summed E-state index contributed by atoms with van der Waals surface area (Å²) in [6.45, 7) is 12.8. The first-order valence-corrected chi connectivity index (χ1v) is 14.8. The van der Waals surface area contributed by atoms with Gasteiger partial charge in [-0.15, -0.1) is 0 Å². The van der Waals surface area contributed by atoms with Gasteiger partial charge in [0.05, 0.1) is 6.04 Å². The van der Waals surface area contributed by atoms with Gasteiger partial charge in [0.1, 0.15) is 6.61 Å². The standard InChI is InChI=1S/C23H34N4O3.C6H5Cl.C2H6/c28-22(27-21(18-30-23(27)29)16-19-4-2-1-3-5-19)8-13-25-11-6-20(7-12-25)17-26-14-9-24-10-15-26;7-6-4-2-1-3-5-6;1-2/h1-5,20-21,24H,6-18H2;1-5H;1-2H3. The van der Waals surface area contributed by atoms with Gasteiger partial charge in [0, 0.05) is 50.7 Å². The molecule has 1 N–H and O–H groups in total. The van der Waals surface area contributed by atoms with E-state index in [0.29, 0.717) is 12.8 Å². The average Bonchev–Trinajstić information content (AvgIpc) is 3.35. The number of hydrogen-bond donors (Lipinski definition) is 1. The van der Waals surface area contributed by atoms with Crippen LogP contribution in [0.25, 0.3) is 0 Å². The molecule has 8 heteroatoms. The van der Waals surface area contributed by atoms with Crippen molar-refractivity contribution in [3.8, 4) is 0 Å². The van der Waals surface area contributed by atoms with Crippen LogP contribution >= 0.6 is 11.6 Å². The monoisotopic (exact) mass is 556 g/mol. The SMILES string of the molecule is CC.Clc1ccccc1.O=C(CCN1CCC(CN2CCNCC2)CC1)N1C(=O)OCC1Cc1ccccc1. The Morgan fingerprint density at radius 1 is 0.923 bits per heavy atom. The van der Waals surface area contributed by atoms with E-state index in [4.69, 9.17) is 16.3 Å². The Morgan fingerprint density at radius 3 is 2.13 bits per heavy atom. The van der Waals surface area contributed by atoms with Crippen molar-refractivity contribution in [2.45, 2.75) is 45.6 Å². The molecule has 3 saturated heterocycles. The fourth-order valence-electron chi connectivity index (χ4n) is 5.24. The minimum atomic E-state index is -0.490. The van der Waals surface area contributed by atoms with E-state index >= 15 is 0 Å². The van der Waals surface area contributed by atoms with Crippen molar-refractivity contribution in [2.75, 3.05) is 59.0 Å². The van der Waals surface area contributed by atoms with Crippen molar-refractivity contribution in [3.05, 3.63) is 71.2 Å². The molecule has 0 spiro atoms. The Balaban J connectivity index is 0.000000401. The summed E-state index contributed by atoms with van der Waals surface area (Å²) < 4.78 is 5.19. The van der Waals surface area contributed by atoms with Crippen LogP contribution in [0, 0.1) is 5.92 Å². The molecule has 2 aromatic rings. The van der Waals surface area contributed by atoms with E-state index < -0.39 is 6.09 Å². The van der Waals surface area contributed by atoms with Crippen LogP contribution in [-0.2, 0) is 16.0 Å². The van der Waals surface area contributed by atoms with E-state index in [2.05, 4.69) is 15.1 Å². The van der Waals surface area contributed by atoms with Crippen LogP contribution < -0.4 is 5.32 Å². The van der Waals surface area contributed by atoms with Crippen LogP contribution in [0.4, 0.5) is 4.79 Å². The summed E-state index contributed by atoms with van der Waals surface area (Å²) in [5.74, 6) is 0.653. The number of hydrogen-bond acceptors (Lipinski definition) is 6. The molecule has 3 aliphatic rings. The number of nitrogens with zero attached hydrogens (tertiary/aromatic N) is 3. The molecule has 0 radical (unpaired) electrons. The Labute approximate surface area is 239 Å². The molecular formula is C31H45ClN4O3. The number of halogens is 1. The molecule has 7 nitrogen and oxygen atoms in total. The van der Waals surface area contributed by atoms with Crippen molar-refractivity contribution >= 4 is 23.6 Å². The van der Waals surface area contributed by atoms with Crippen LogP contribution in [0.5, 0.6) is 0 Å². The zero-order valence-electron chi connectivity index (χ0n) is 23.6. The fourth-order valence-corrected chi connectivity index (χ4v) is 5.39. The highest BCUT2D eigenvalue weighted by atomic mass is 35.5. The van der Waals surface area contributed by atoms with E-state index in [0.717, 1.165) is 62.3 Å². The Hall–Kier alpha value is -2.45. The summed E-state index contributed by atoms with van der Waals surface area (Å²) >= 11 is 5.54. The second-order valence-corrected chi connectivity index (χ2v) is 10.5. The third-order valence-corrected chi connectivity index (χ3v) is 7.60. The van der Waals surface area contributed by atoms with Crippen LogP contribution in [0.1, 0.15) is 38.7 Å². The Morgan fingerprint density at radius 2 is 1.54 bits per heavy atom. The Bertz CT molecular complexity index is 964. The molecule has 0 bridgehead atoms. The predicted octanol–water partition coefficient (Wildman–Crippen LogP) is 4.95. The topological polar surface area (TPSA) is 65.1 Å². The van der Waals surface area contributed by atoms with E-state index in [1.54, 1.807) is 0 Å². The third-order valence-electron chi connectivity index (χ3n) is 7.35. The first-order valence-electron chi connectivity index (χ1n) is 14.5. The van der Waals surface area contributed by atoms with Crippen LogP contribution in [-0.4, -0.2) is 91.7 Å². The van der Waals surface area contributed by atoms with E-state index in [9.17, 15) is 9.59 Å². The average molecular weight is 557 g/mol. The number of cyclic esters (lactones) is 1. The molecule has 3 fully saturated rings. The maximum Gasteiger partial charge on any atom is 0.416 e. The summed E-state index contributed by atoms with van der Waals surface area (Å²) in [6, 6.07) is 19.2. The number of likely N-dealkylation sites (tertiary alicyclic amines) is 1. The number of rotatable bonds is 7.